The molecule has 343 valence electrons. The average Bonchev–Trinajstić information content (AvgIpc) is 3.26. The predicted molar refractivity (Wildman–Crippen MR) is 281 cm³/mol. The van der Waals surface area contributed by atoms with E-state index in [1.54, 1.807) is 0 Å². The number of fused-ring (bicyclic) bond motifs is 2. The summed E-state index contributed by atoms with van der Waals surface area (Å²) in [5, 5.41) is 19.1. The second kappa shape index (κ2) is 23.6. The van der Waals surface area contributed by atoms with Crippen molar-refractivity contribution in [3.8, 4) is 22.5 Å². The predicted octanol–water partition coefficient (Wildman–Crippen LogP) is 13.9. The number of nitrogens with zero attached hydrogens (tertiary/aromatic N) is 2. The average molecular weight is 1080 g/mol. The second-order valence-corrected chi connectivity index (χ2v) is 28.4. The molecule has 2 aromatic heterocycles. The van der Waals surface area contributed by atoms with Crippen molar-refractivity contribution in [3.63, 3.8) is 0 Å². The molecular weight excluding hydrogens is 1010 g/mol. The third kappa shape index (κ3) is 13.6. The fourth-order valence-corrected chi connectivity index (χ4v) is 12.0. The van der Waals surface area contributed by atoms with E-state index in [0.717, 1.165) is 59.3 Å². The molecule has 0 fully saturated rings. The molecule has 7 rings (SSSR count). The van der Waals surface area contributed by atoms with Crippen molar-refractivity contribution >= 4 is 59.0 Å². The maximum absolute atomic E-state index is 11.7. The molecule has 4 nitrogen and oxygen atoms in total. The van der Waals surface area contributed by atoms with Gasteiger partial charge in [-0.15, -0.1) is 69.8 Å². The smallest absolute Gasteiger partial charge is 0.162 e. The summed E-state index contributed by atoms with van der Waals surface area (Å²) in [7, 11) is -3.01. The number of carbonyl (C=O) groups is 1. The Hall–Kier alpha value is -4.79. The van der Waals surface area contributed by atoms with E-state index in [9.17, 15) is 9.90 Å². The van der Waals surface area contributed by atoms with Crippen LogP contribution < -0.4 is 15.6 Å². The van der Waals surface area contributed by atoms with Crippen LogP contribution in [0.25, 0.3) is 44.1 Å². The van der Waals surface area contributed by atoms with Crippen molar-refractivity contribution in [2.75, 3.05) is 0 Å². The van der Waals surface area contributed by atoms with Gasteiger partial charge in [0.1, 0.15) is 8.07 Å². The Morgan fingerprint density at radius 1 is 0.585 bits per heavy atom. The number of hydrogen-bond acceptors (Lipinski definition) is 4. The molecule has 7 aromatic rings. The van der Waals surface area contributed by atoms with Crippen LogP contribution in [0.4, 0.5) is 0 Å². The van der Waals surface area contributed by atoms with E-state index in [4.69, 9.17) is 0 Å². The van der Waals surface area contributed by atoms with Crippen molar-refractivity contribution in [2.24, 2.45) is 11.8 Å². The minimum absolute atomic E-state index is 0. The Kier molecular flexibility index (Phi) is 19.2. The Morgan fingerprint density at radius 3 is 1.46 bits per heavy atom. The molecule has 0 amide bonds. The quantitative estimate of drug-likeness (QED) is 0.0573. The van der Waals surface area contributed by atoms with E-state index in [1.165, 1.54) is 54.3 Å². The SMILES string of the molecule is CCC(CC)C(=O)/C=C(\O)C(CC)CC.Cc1[c-]c(-c2nccc3cc([Si](C)(C)C)ccc23)cc(C)c1.Cc1[c-]c(-c2nccc3cc([Si](C)(C)c4ccccc4)ccc23)cc(C)c1.[Ir]. The maximum Gasteiger partial charge on any atom is 0.162 e. The van der Waals surface area contributed by atoms with Crippen molar-refractivity contribution in [1.29, 1.82) is 0 Å². The number of carbonyl (C=O) groups excluding carboxylic acids is 1. The molecule has 0 unspecified atom stereocenters. The van der Waals surface area contributed by atoms with Crippen LogP contribution in [0.15, 0.2) is 127 Å². The maximum atomic E-state index is 11.7. The van der Waals surface area contributed by atoms with Gasteiger partial charge in [0.05, 0.1) is 13.8 Å². The topological polar surface area (TPSA) is 63.1 Å². The summed E-state index contributed by atoms with van der Waals surface area (Å²) in [6.45, 7) is 28.5. The summed E-state index contributed by atoms with van der Waals surface area (Å²) < 4.78 is 0. The Labute approximate surface area is 406 Å². The molecule has 0 saturated carbocycles. The van der Waals surface area contributed by atoms with E-state index in [1.807, 2.05) is 40.1 Å². The van der Waals surface area contributed by atoms with Gasteiger partial charge in [0.15, 0.2) is 5.78 Å². The molecule has 0 spiro atoms. The van der Waals surface area contributed by atoms with Gasteiger partial charge in [0, 0.05) is 50.4 Å². The van der Waals surface area contributed by atoms with Crippen LogP contribution in [0.5, 0.6) is 0 Å². The van der Waals surface area contributed by atoms with Gasteiger partial charge < -0.3 is 15.1 Å². The van der Waals surface area contributed by atoms with Crippen LogP contribution in [-0.2, 0) is 24.9 Å². The Bertz CT molecular complexity index is 2670. The van der Waals surface area contributed by atoms with Crippen LogP contribution in [0.2, 0.25) is 32.7 Å². The van der Waals surface area contributed by atoms with Crippen LogP contribution in [0, 0.1) is 51.7 Å². The van der Waals surface area contributed by atoms with E-state index >= 15 is 0 Å². The number of benzene rings is 5. The molecule has 0 saturated heterocycles. The van der Waals surface area contributed by atoms with Gasteiger partial charge in [0.2, 0.25) is 0 Å². The molecule has 1 N–H and O–H groups in total. The molecule has 5 aromatic carbocycles. The molecule has 1 radical (unpaired) electrons. The van der Waals surface area contributed by atoms with Gasteiger partial charge in [-0.05, 0) is 70.7 Å². The van der Waals surface area contributed by atoms with E-state index in [0.29, 0.717) is 0 Å². The molecule has 0 aliphatic heterocycles. The Balaban J connectivity index is 0.000000221. The van der Waals surface area contributed by atoms with Gasteiger partial charge in [-0.3, -0.25) is 4.79 Å². The molecule has 2 heterocycles. The first-order valence-corrected chi connectivity index (χ1v) is 29.7. The molecule has 65 heavy (non-hydrogen) atoms. The first kappa shape index (κ1) is 52.8. The fourth-order valence-electron chi connectivity index (χ4n) is 8.49. The number of allylic oxidation sites excluding steroid dienone is 2. The number of rotatable bonds is 12. The van der Waals surface area contributed by atoms with Gasteiger partial charge in [-0.1, -0.05) is 170 Å². The molecule has 0 bridgehead atoms. The van der Waals surface area contributed by atoms with Crippen molar-refractivity contribution in [3.05, 3.63) is 162 Å². The fraction of sp³-hybridized carbons (Fsp3) is 0.328. The summed E-state index contributed by atoms with van der Waals surface area (Å²) in [6, 6.07) is 44.5. The summed E-state index contributed by atoms with van der Waals surface area (Å²) in [4.78, 5) is 21.0. The first-order chi connectivity index (χ1) is 30.4. The van der Waals surface area contributed by atoms with Gasteiger partial charge in [-0.25, -0.2) is 0 Å². The van der Waals surface area contributed by atoms with Crippen molar-refractivity contribution < 1.29 is 30.0 Å². The number of aliphatic hydroxyl groups is 1. The van der Waals surface area contributed by atoms with Gasteiger partial charge in [-0.2, -0.15) is 0 Å². The van der Waals surface area contributed by atoms with Gasteiger partial charge in [0.25, 0.3) is 0 Å². The van der Waals surface area contributed by atoms with Crippen LogP contribution >= 0.6 is 0 Å². The number of ketones is 1. The third-order valence-corrected chi connectivity index (χ3v) is 18.1. The van der Waals surface area contributed by atoms with E-state index < -0.39 is 16.1 Å². The zero-order chi connectivity index (χ0) is 46.8. The number of pyridine rings is 2. The minimum Gasteiger partial charge on any atom is -0.512 e. The third-order valence-electron chi connectivity index (χ3n) is 12.5. The second-order valence-electron chi connectivity index (χ2n) is 18.9. The summed E-state index contributed by atoms with van der Waals surface area (Å²) in [5.74, 6) is 0.547. The van der Waals surface area contributed by atoms with E-state index in [-0.39, 0.29) is 43.5 Å². The first-order valence-electron chi connectivity index (χ1n) is 23.2. The molecule has 7 heteroatoms. The molecule has 0 aliphatic rings. The molecular formula is C58H70IrN2O2Si2-2. The Morgan fingerprint density at radius 2 is 1.03 bits per heavy atom. The standard InChI is InChI=1S/C25H24NSi.C20H22NSi.C13H24O2.Ir/c1-18-14-19(2)16-21(15-18)25-24-11-10-23(17-20(24)12-13-26-25)27(3,4)22-8-6-5-7-9-22;1-14-10-15(2)12-17(11-14)20-19-7-6-18(22(3,4)5)13-16(19)8-9-21-20;1-5-10(6-2)12(14)9-13(15)11(7-3)8-4;/h5-15,17H,1-4H3;6-11,13H,1-5H3;9-11,14H,5-8H2,1-4H3;/q2*-1;;/b;;12-9-;. The molecule has 0 atom stereocenters. The number of aromatic nitrogens is 2. The minimum atomic E-state index is -1.72. The normalized spacial score (nSPS) is 11.8. The number of aliphatic hydroxyl groups excluding tert-OH is 1. The zero-order valence-corrected chi connectivity index (χ0v) is 45.5. The van der Waals surface area contributed by atoms with E-state index in [2.05, 4.69) is 186 Å². The van der Waals surface area contributed by atoms with Crippen LogP contribution in [-0.4, -0.2) is 37.0 Å². The monoisotopic (exact) mass is 1080 g/mol. The summed E-state index contributed by atoms with van der Waals surface area (Å²) in [6.07, 6.45) is 8.74. The van der Waals surface area contributed by atoms with Crippen LogP contribution in [0.3, 0.4) is 0 Å². The van der Waals surface area contributed by atoms with Crippen LogP contribution in [0.1, 0.15) is 75.6 Å². The van der Waals surface area contributed by atoms with Crippen molar-refractivity contribution in [2.45, 2.75) is 114 Å². The largest absolute Gasteiger partial charge is 0.512 e. The molecule has 0 aliphatic carbocycles. The zero-order valence-electron chi connectivity index (χ0n) is 41.1. The number of aryl methyl sites for hydroxylation is 4. The number of hydrogen-bond donors (Lipinski definition) is 1. The summed E-state index contributed by atoms with van der Waals surface area (Å²) >= 11 is 0. The van der Waals surface area contributed by atoms with Crippen molar-refractivity contribution in [1.82, 2.24) is 9.97 Å². The van der Waals surface area contributed by atoms with Gasteiger partial charge >= 0.3 is 0 Å². The summed E-state index contributed by atoms with van der Waals surface area (Å²) in [5.41, 5.74) is 9.02.